The van der Waals surface area contributed by atoms with Crippen molar-refractivity contribution in [2.45, 2.75) is 54.4 Å². The number of hydrogen-bond donors (Lipinski definition) is 0. The number of hydrogen-bond acceptors (Lipinski definition) is 2. The summed E-state index contributed by atoms with van der Waals surface area (Å²) in [6.45, 7) is 21.8. The van der Waals surface area contributed by atoms with Gasteiger partial charge in [0.2, 0.25) is 0 Å². The van der Waals surface area contributed by atoms with E-state index >= 15 is 0 Å². The highest BCUT2D eigenvalue weighted by Crippen LogP contribution is 2.28. The third-order valence-corrected chi connectivity index (χ3v) is 5.14. The molecule has 0 aromatic rings. The molecule has 1 aliphatic rings. The molecule has 1 aliphatic heterocycles. The lowest BCUT2D eigenvalue weighted by molar-refractivity contribution is 0.183. The highest BCUT2D eigenvalue weighted by atomic mass is 15.2. The van der Waals surface area contributed by atoms with Crippen molar-refractivity contribution >= 4 is 0 Å². The van der Waals surface area contributed by atoms with Gasteiger partial charge in [-0.15, -0.1) is 0 Å². The molecule has 0 amide bonds. The van der Waals surface area contributed by atoms with Crippen molar-refractivity contribution in [3.63, 3.8) is 0 Å². The Labute approximate surface area is 121 Å². The van der Waals surface area contributed by atoms with Crippen LogP contribution in [-0.4, -0.2) is 49.1 Å². The van der Waals surface area contributed by atoms with Crippen molar-refractivity contribution in [3.05, 3.63) is 0 Å². The molecule has 0 N–H and O–H groups in total. The first-order valence-corrected chi connectivity index (χ1v) is 8.31. The molecule has 19 heavy (non-hydrogen) atoms. The molecule has 0 radical (unpaired) electrons. The lowest BCUT2D eigenvalue weighted by Crippen LogP contribution is -2.33. The minimum Gasteiger partial charge on any atom is -0.303 e. The molecule has 0 aliphatic carbocycles. The second-order valence-corrected chi connectivity index (χ2v) is 7.50. The summed E-state index contributed by atoms with van der Waals surface area (Å²) < 4.78 is 0. The molecule has 1 fully saturated rings. The van der Waals surface area contributed by atoms with Crippen LogP contribution in [0.15, 0.2) is 0 Å². The molecule has 0 spiro atoms. The second-order valence-electron chi connectivity index (χ2n) is 7.50. The summed E-state index contributed by atoms with van der Waals surface area (Å²) in [6, 6.07) is 0. The highest BCUT2D eigenvalue weighted by molar-refractivity contribution is 4.78. The van der Waals surface area contributed by atoms with Crippen LogP contribution in [0.2, 0.25) is 0 Å². The molecular weight excluding hydrogens is 232 g/mol. The van der Waals surface area contributed by atoms with Crippen molar-refractivity contribution < 1.29 is 0 Å². The van der Waals surface area contributed by atoms with E-state index in [9.17, 15) is 0 Å². The monoisotopic (exact) mass is 268 g/mol. The molecule has 0 aromatic carbocycles. The Balaban J connectivity index is 2.30. The van der Waals surface area contributed by atoms with E-state index in [1.54, 1.807) is 0 Å². The normalized spacial score (nSPS) is 23.2. The van der Waals surface area contributed by atoms with Crippen LogP contribution < -0.4 is 0 Å². The third-order valence-electron chi connectivity index (χ3n) is 5.14. The van der Waals surface area contributed by atoms with Gasteiger partial charge in [0, 0.05) is 13.1 Å². The first kappa shape index (κ1) is 17.0. The van der Waals surface area contributed by atoms with Gasteiger partial charge in [-0.2, -0.15) is 0 Å². The van der Waals surface area contributed by atoms with E-state index in [0.29, 0.717) is 5.41 Å². The quantitative estimate of drug-likeness (QED) is 0.694. The van der Waals surface area contributed by atoms with Crippen molar-refractivity contribution in [2.24, 2.45) is 17.3 Å². The summed E-state index contributed by atoms with van der Waals surface area (Å²) in [7, 11) is 0. The van der Waals surface area contributed by atoms with Crippen molar-refractivity contribution in [3.8, 4) is 0 Å². The zero-order valence-corrected chi connectivity index (χ0v) is 14.2. The Hall–Kier alpha value is -0.0800. The Morgan fingerprint density at radius 1 is 1.26 bits per heavy atom. The van der Waals surface area contributed by atoms with Crippen LogP contribution in [0.5, 0.6) is 0 Å². The summed E-state index contributed by atoms with van der Waals surface area (Å²) in [5.41, 5.74) is 0.450. The van der Waals surface area contributed by atoms with Gasteiger partial charge in [0.25, 0.3) is 0 Å². The fraction of sp³-hybridized carbons (Fsp3) is 1.00. The maximum Gasteiger partial charge on any atom is 0.00222 e. The SMILES string of the molecule is CCN1CCC(CN(CC)CCC(C)C(C)(C)C)C1. The zero-order valence-electron chi connectivity index (χ0n) is 14.2. The van der Waals surface area contributed by atoms with Gasteiger partial charge >= 0.3 is 0 Å². The van der Waals surface area contributed by atoms with Gasteiger partial charge in [0.15, 0.2) is 0 Å². The molecule has 114 valence electrons. The van der Waals surface area contributed by atoms with Gasteiger partial charge in [-0.25, -0.2) is 0 Å². The third kappa shape index (κ3) is 5.83. The maximum absolute atomic E-state index is 2.67. The van der Waals surface area contributed by atoms with Crippen LogP contribution in [0.25, 0.3) is 0 Å². The first-order chi connectivity index (χ1) is 8.86. The molecule has 2 heteroatoms. The van der Waals surface area contributed by atoms with Gasteiger partial charge in [0.05, 0.1) is 0 Å². The molecule has 0 bridgehead atoms. The lowest BCUT2D eigenvalue weighted by atomic mass is 9.80. The predicted molar refractivity (Wildman–Crippen MR) is 85.6 cm³/mol. The summed E-state index contributed by atoms with van der Waals surface area (Å²) in [5.74, 6) is 1.71. The van der Waals surface area contributed by atoms with Crippen LogP contribution in [0.3, 0.4) is 0 Å². The number of likely N-dealkylation sites (tertiary alicyclic amines) is 1. The van der Waals surface area contributed by atoms with Gasteiger partial charge in [-0.1, -0.05) is 41.5 Å². The minimum atomic E-state index is 0.450. The van der Waals surface area contributed by atoms with E-state index < -0.39 is 0 Å². The Morgan fingerprint density at radius 2 is 1.95 bits per heavy atom. The van der Waals surface area contributed by atoms with E-state index in [1.807, 2.05) is 0 Å². The van der Waals surface area contributed by atoms with E-state index in [1.165, 1.54) is 52.1 Å². The maximum atomic E-state index is 2.67. The molecule has 2 unspecified atom stereocenters. The van der Waals surface area contributed by atoms with Gasteiger partial charge < -0.3 is 9.80 Å². The van der Waals surface area contributed by atoms with Crippen molar-refractivity contribution in [2.75, 3.05) is 39.3 Å². The topological polar surface area (TPSA) is 6.48 Å². The lowest BCUT2D eigenvalue weighted by Gasteiger charge is -2.31. The zero-order chi connectivity index (χ0) is 14.5. The standard InChI is InChI=1S/C17H36N2/c1-7-18(11-9-15(3)17(4,5)6)13-16-10-12-19(8-2)14-16/h15-16H,7-14H2,1-6H3. The molecule has 1 heterocycles. The predicted octanol–water partition coefficient (Wildman–Crippen LogP) is 3.72. The molecule has 2 nitrogen and oxygen atoms in total. The smallest absolute Gasteiger partial charge is 0.00222 e. The Kier molecular flexibility index (Phi) is 6.82. The van der Waals surface area contributed by atoms with Crippen LogP contribution in [0.4, 0.5) is 0 Å². The van der Waals surface area contributed by atoms with E-state index in [2.05, 4.69) is 51.3 Å². The minimum absolute atomic E-state index is 0.450. The van der Waals surface area contributed by atoms with Crippen LogP contribution in [0, 0.1) is 17.3 Å². The first-order valence-electron chi connectivity index (χ1n) is 8.31. The van der Waals surface area contributed by atoms with Gasteiger partial charge in [-0.3, -0.25) is 0 Å². The van der Waals surface area contributed by atoms with Crippen molar-refractivity contribution in [1.82, 2.24) is 9.80 Å². The molecule has 0 saturated carbocycles. The van der Waals surface area contributed by atoms with E-state index in [-0.39, 0.29) is 0 Å². The largest absolute Gasteiger partial charge is 0.303 e. The van der Waals surface area contributed by atoms with Crippen LogP contribution in [0.1, 0.15) is 54.4 Å². The molecule has 0 aromatic heterocycles. The van der Waals surface area contributed by atoms with Crippen LogP contribution >= 0.6 is 0 Å². The van der Waals surface area contributed by atoms with Crippen LogP contribution in [-0.2, 0) is 0 Å². The average molecular weight is 268 g/mol. The number of rotatable bonds is 7. The molecule has 1 saturated heterocycles. The van der Waals surface area contributed by atoms with E-state index in [0.717, 1.165) is 11.8 Å². The molecular formula is C17H36N2. The fourth-order valence-corrected chi connectivity index (χ4v) is 2.90. The summed E-state index contributed by atoms with van der Waals surface area (Å²) >= 11 is 0. The molecule has 1 rings (SSSR count). The number of nitrogens with zero attached hydrogens (tertiary/aromatic N) is 2. The van der Waals surface area contributed by atoms with Gasteiger partial charge in [-0.05, 0) is 56.3 Å². The average Bonchev–Trinajstić information content (AvgIpc) is 2.80. The summed E-state index contributed by atoms with van der Waals surface area (Å²) in [6.07, 6.45) is 2.74. The molecule has 2 atom stereocenters. The van der Waals surface area contributed by atoms with Crippen molar-refractivity contribution in [1.29, 1.82) is 0 Å². The summed E-state index contributed by atoms with van der Waals surface area (Å²) in [4.78, 5) is 5.27. The Bertz CT molecular complexity index is 244. The second kappa shape index (κ2) is 7.64. The summed E-state index contributed by atoms with van der Waals surface area (Å²) in [5, 5.41) is 0. The van der Waals surface area contributed by atoms with E-state index in [4.69, 9.17) is 0 Å². The van der Waals surface area contributed by atoms with Gasteiger partial charge in [0.1, 0.15) is 0 Å². The Morgan fingerprint density at radius 3 is 2.42 bits per heavy atom. The highest BCUT2D eigenvalue weighted by Gasteiger charge is 2.24. The fourth-order valence-electron chi connectivity index (χ4n) is 2.90.